The highest BCUT2D eigenvalue weighted by molar-refractivity contribution is 7.86. The summed E-state index contributed by atoms with van der Waals surface area (Å²) in [7, 11) is -2.09. The zero-order valence-electron chi connectivity index (χ0n) is 13.9. The second kappa shape index (κ2) is 8.82. The van der Waals surface area contributed by atoms with Gasteiger partial charge < -0.3 is 9.47 Å². The maximum Gasteiger partial charge on any atom is 0.296 e. The minimum absolute atomic E-state index is 0.0855. The smallest absolute Gasteiger partial charge is 0.296 e. The van der Waals surface area contributed by atoms with E-state index in [4.69, 9.17) is 13.7 Å². The van der Waals surface area contributed by atoms with Crippen molar-refractivity contribution >= 4 is 10.1 Å². The van der Waals surface area contributed by atoms with Crippen molar-refractivity contribution in [3.05, 3.63) is 59.7 Å². The third kappa shape index (κ3) is 5.33. The van der Waals surface area contributed by atoms with Crippen molar-refractivity contribution in [2.45, 2.75) is 24.8 Å². The highest BCUT2D eigenvalue weighted by atomic mass is 32.2. The summed E-state index contributed by atoms with van der Waals surface area (Å²) in [6.45, 7) is 2.80. The number of hydrogen-bond acceptors (Lipinski definition) is 5. The van der Waals surface area contributed by atoms with Gasteiger partial charge in [0.25, 0.3) is 10.1 Å². The lowest BCUT2D eigenvalue weighted by Gasteiger charge is -2.09. The topological polar surface area (TPSA) is 61.8 Å². The Bertz CT molecular complexity index is 738. The first kappa shape index (κ1) is 18.4. The molecular weight excluding hydrogens is 328 g/mol. The van der Waals surface area contributed by atoms with Gasteiger partial charge in [0.05, 0.1) is 25.2 Å². The normalized spacial score (nSPS) is 11.4. The minimum Gasteiger partial charge on any atom is -0.496 e. The number of methoxy groups -OCH3 is 1. The van der Waals surface area contributed by atoms with E-state index in [1.54, 1.807) is 31.4 Å². The maximum absolute atomic E-state index is 12.0. The van der Waals surface area contributed by atoms with E-state index in [1.807, 2.05) is 31.2 Å². The van der Waals surface area contributed by atoms with Crippen LogP contribution in [0, 0.1) is 6.92 Å². The number of rotatable bonds is 9. The van der Waals surface area contributed by atoms with Crippen LogP contribution < -0.4 is 4.74 Å². The zero-order valence-corrected chi connectivity index (χ0v) is 14.7. The predicted octanol–water partition coefficient (Wildman–Crippen LogP) is 3.32. The zero-order chi connectivity index (χ0) is 17.4. The van der Waals surface area contributed by atoms with E-state index in [9.17, 15) is 8.42 Å². The molecule has 0 atom stereocenters. The van der Waals surface area contributed by atoms with Gasteiger partial charge in [-0.2, -0.15) is 8.42 Å². The number of para-hydroxylation sites is 1. The summed E-state index contributed by atoms with van der Waals surface area (Å²) in [5.74, 6) is 0.774. The second-order valence-corrected chi connectivity index (χ2v) is 6.92. The SMILES string of the molecule is COc1ccccc1COCCCOS(=O)(=O)c1ccc(C)cc1. The first-order valence-electron chi connectivity index (χ1n) is 7.68. The molecule has 0 spiro atoms. The molecule has 0 aliphatic rings. The molecule has 0 bridgehead atoms. The molecule has 6 heteroatoms. The van der Waals surface area contributed by atoms with Crippen molar-refractivity contribution in [2.24, 2.45) is 0 Å². The fraction of sp³-hybridized carbons (Fsp3) is 0.333. The third-order valence-corrected chi connectivity index (χ3v) is 4.76. The Kier molecular flexibility index (Phi) is 6.78. The van der Waals surface area contributed by atoms with Gasteiger partial charge in [0, 0.05) is 12.2 Å². The second-order valence-electron chi connectivity index (χ2n) is 5.31. The van der Waals surface area contributed by atoms with Crippen LogP contribution in [0.15, 0.2) is 53.4 Å². The van der Waals surface area contributed by atoms with E-state index >= 15 is 0 Å². The van der Waals surface area contributed by atoms with Gasteiger partial charge in [-0.3, -0.25) is 4.18 Å². The van der Waals surface area contributed by atoms with Crippen LogP contribution in [-0.2, 0) is 25.6 Å². The standard InChI is InChI=1S/C18H22O5S/c1-15-8-10-17(11-9-15)24(19,20)23-13-5-12-22-14-16-6-3-4-7-18(16)21-2/h3-4,6-11H,5,12-14H2,1-2H3. The number of benzene rings is 2. The molecule has 0 aromatic heterocycles. The summed E-state index contributed by atoms with van der Waals surface area (Å²) in [6.07, 6.45) is 0.486. The monoisotopic (exact) mass is 350 g/mol. The number of aryl methyl sites for hydroxylation is 1. The molecule has 0 aliphatic heterocycles. The quantitative estimate of drug-likeness (QED) is 0.513. The van der Waals surface area contributed by atoms with Gasteiger partial charge in [0.15, 0.2) is 0 Å². The van der Waals surface area contributed by atoms with Crippen molar-refractivity contribution in [1.29, 1.82) is 0 Å². The number of ether oxygens (including phenoxy) is 2. The Morgan fingerprint density at radius 3 is 2.38 bits per heavy atom. The van der Waals surface area contributed by atoms with Crippen LogP contribution in [-0.4, -0.2) is 28.7 Å². The fourth-order valence-corrected chi connectivity index (χ4v) is 3.05. The van der Waals surface area contributed by atoms with E-state index in [0.717, 1.165) is 16.9 Å². The predicted molar refractivity (Wildman–Crippen MR) is 91.6 cm³/mol. The lowest BCUT2D eigenvalue weighted by Crippen LogP contribution is -2.09. The molecule has 24 heavy (non-hydrogen) atoms. The van der Waals surface area contributed by atoms with E-state index in [0.29, 0.717) is 19.6 Å². The maximum atomic E-state index is 12.0. The van der Waals surface area contributed by atoms with Crippen molar-refractivity contribution in [3.63, 3.8) is 0 Å². The molecule has 0 saturated carbocycles. The van der Waals surface area contributed by atoms with Gasteiger partial charge in [-0.25, -0.2) is 0 Å². The summed E-state index contributed by atoms with van der Waals surface area (Å²) in [6, 6.07) is 14.2. The highest BCUT2D eigenvalue weighted by Gasteiger charge is 2.14. The Hall–Kier alpha value is -1.89. The molecule has 0 radical (unpaired) electrons. The van der Waals surface area contributed by atoms with Crippen LogP contribution in [0.3, 0.4) is 0 Å². The molecule has 2 aromatic carbocycles. The summed E-state index contributed by atoms with van der Waals surface area (Å²) in [4.78, 5) is 0.169. The molecule has 0 heterocycles. The average Bonchev–Trinajstić information content (AvgIpc) is 2.58. The van der Waals surface area contributed by atoms with Gasteiger partial charge in [0.2, 0.25) is 0 Å². The molecule has 0 amide bonds. The van der Waals surface area contributed by atoms with E-state index in [1.165, 1.54) is 0 Å². The van der Waals surface area contributed by atoms with Crippen LogP contribution in [0.1, 0.15) is 17.5 Å². The van der Waals surface area contributed by atoms with Crippen LogP contribution in [0.5, 0.6) is 5.75 Å². The van der Waals surface area contributed by atoms with Crippen LogP contribution >= 0.6 is 0 Å². The summed E-state index contributed by atoms with van der Waals surface area (Å²) >= 11 is 0. The van der Waals surface area contributed by atoms with Gasteiger partial charge in [0.1, 0.15) is 5.75 Å². The van der Waals surface area contributed by atoms with E-state index < -0.39 is 10.1 Å². The Morgan fingerprint density at radius 2 is 1.67 bits per heavy atom. The summed E-state index contributed by atoms with van der Waals surface area (Å²) in [5, 5.41) is 0. The third-order valence-electron chi connectivity index (χ3n) is 3.43. The van der Waals surface area contributed by atoms with Crippen molar-refractivity contribution in [2.75, 3.05) is 20.3 Å². The average molecular weight is 350 g/mol. The molecule has 0 saturated heterocycles. The van der Waals surface area contributed by atoms with E-state index in [2.05, 4.69) is 0 Å². The van der Waals surface area contributed by atoms with Crippen molar-refractivity contribution in [1.82, 2.24) is 0 Å². The Morgan fingerprint density at radius 1 is 0.958 bits per heavy atom. The molecule has 2 aromatic rings. The van der Waals surface area contributed by atoms with Crippen LogP contribution in [0.25, 0.3) is 0 Å². The molecule has 0 fully saturated rings. The molecule has 2 rings (SSSR count). The number of hydrogen-bond donors (Lipinski definition) is 0. The van der Waals surface area contributed by atoms with Gasteiger partial charge in [-0.15, -0.1) is 0 Å². The van der Waals surface area contributed by atoms with Crippen molar-refractivity contribution in [3.8, 4) is 5.75 Å². The molecule has 0 unspecified atom stereocenters. The molecule has 5 nitrogen and oxygen atoms in total. The highest BCUT2D eigenvalue weighted by Crippen LogP contribution is 2.18. The van der Waals surface area contributed by atoms with Gasteiger partial charge in [-0.05, 0) is 31.5 Å². The Labute approximate surface area is 143 Å². The molecular formula is C18H22O5S. The van der Waals surface area contributed by atoms with Gasteiger partial charge in [-0.1, -0.05) is 35.9 Å². The molecule has 0 aliphatic carbocycles. The van der Waals surface area contributed by atoms with Crippen molar-refractivity contribution < 1.29 is 22.1 Å². The minimum atomic E-state index is -3.70. The fourth-order valence-electron chi connectivity index (χ4n) is 2.11. The largest absolute Gasteiger partial charge is 0.496 e. The first-order chi connectivity index (χ1) is 11.5. The summed E-state index contributed by atoms with van der Waals surface area (Å²) in [5.41, 5.74) is 1.95. The van der Waals surface area contributed by atoms with E-state index in [-0.39, 0.29) is 11.5 Å². The lowest BCUT2D eigenvalue weighted by molar-refractivity contribution is 0.106. The first-order valence-corrected chi connectivity index (χ1v) is 9.09. The Balaban J connectivity index is 1.72. The van der Waals surface area contributed by atoms with Gasteiger partial charge >= 0.3 is 0 Å². The van der Waals surface area contributed by atoms with Crippen LogP contribution in [0.4, 0.5) is 0 Å². The molecule has 130 valence electrons. The van der Waals surface area contributed by atoms with Crippen LogP contribution in [0.2, 0.25) is 0 Å². The molecule has 0 N–H and O–H groups in total. The lowest BCUT2D eigenvalue weighted by atomic mass is 10.2. The summed E-state index contributed by atoms with van der Waals surface area (Å²) < 4.78 is 39.8.